The summed E-state index contributed by atoms with van der Waals surface area (Å²) in [4.78, 5) is 12.0. The van der Waals surface area contributed by atoms with E-state index in [1.165, 1.54) is 0 Å². The van der Waals surface area contributed by atoms with Crippen molar-refractivity contribution in [2.75, 3.05) is 0 Å². The molecule has 0 saturated heterocycles. The normalized spacial score (nSPS) is 10.4. The average molecular weight is 420 g/mol. The summed E-state index contributed by atoms with van der Waals surface area (Å²) >= 11 is 5.55. The van der Waals surface area contributed by atoms with Gasteiger partial charge in [0.2, 0.25) is 0 Å². The summed E-state index contributed by atoms with van der Waals surface area (Å²) in [6.07, 6.45) is 0. The molecular weight excluding hydrogens is 409 g/mol. The van der Waals surface area contributed by atoms with E-state index in [4.69, 9.17) is 4.42 Å². The van der Waals surface area contributed by atoms with Crippen molar-refractivity contribution >= 4 is 44.4 Å². The van der Waals surface area contributed by atoms with Crippen molar-refractivity contribution < 1.29 is 9.21 Å². The van der Waals surface area contributed by atoms with Crippen molar-refractivity contribution in [3.05, 3.63) is 55.5 Å². The monoisotopic (exact) mass is 419 g/mol. The van der Waals surface area contributed by atoms with Crippen LogP contribution in [0.15, 0.2) is 39.2 Å². The van der Waals surface area contributed by atoms with Gasteiger partial charge in [0.05, 0.1) is 12.1 Å². The van der Waals surface area contributed by atoms with Crippen LogP contribution in [-0.2, 0) is 6.54 Å². The lowest BCUT2D eigenvalue weighted by Gasteiger charge is -2.06. The largest absolute Gasteiger partial charge is 0.465 e. The first-order valence-electron chi connectivity index (χ1n) is 5.35. The van der Waals surface area contributed by atoms with Crippen molar-refractivity contribution in [2.24, 2.45) is 0 Å². The summed E-state index contributed by atoms with van der Waals surface area (Å²) in [6.45, 7) is 2.27. The average Bonchev–Trinajstić information content (AvgIpc) is 2.75. The third-order valence-electron chi connectivity index (χ3n) is 2.39. The smallest absolute Gasteiger partial charge is 0.252 e. The minimum absolute atomic E-state index is 0.116. The molecule has 0 aliphatic heterocycles. The lowest BCUT2D eigenvalue weighted by Crippen LogP contribution is -2.23. The number of amides is 1. The summed E-state index contributed by atoms with van der Waals surface area (Å²) in [5, 5.41) is 2.83. The van der Waals surface area contributed by atoms with E-state index >= 15 is 0 Å². The van der Waals surface area contributed by atoms with E-state index in [0.29, 0.717) is 12.1 Å². The van der Waals surface area contributed by atoms with Crippen LogP contribution in [0.3, 0.4) is 0 Å². The van der Waals surface area contributed by atoms with Crippen molar-refractivity contribution in [3.63, 3.8) is 0 Å². The van der Waals surface area contributed by atoms with Gasteiger partial charge in [0, 0.05) is 8.04 Å². The van der Waals surface area contributed by atoms with E-state index in [2.05, 4.69) is 43.8 Å². The molecule has 0 aliphatic carbocycles. The second-order valence-corrected chi connectivity index (χ2v) is 5.92. The molecule has 1 N–H and O–H groups in total. The van der Waals surface area contributed by atoms with Crippen molar-refractivity contribution in [2.45, 2.75) is 13.5 Å². The van der Waals surface area contributed by atoms with Gasteiger partial charge in [-0.05, 0) is 75.8 Å². The third kappa shape index (κ3) is 3.35. The van der Waals surface area contributed by atoms with Gasteiger partial charge in [-0.25, -0.2) is 0 Å². The van der Waals surface area contributed by atoms with Crippen LogP contribution in [0.25, 0.3) is 0 Å². The Morgan fingerprint density at radius 3 is 2.83 bits per heavy atom. The molecule has 0 aliphatic rings. The number of halogens is 2. The van der Waals surface area contributed by atoms with Gasteiger partial charge in [0.15, 0.2) is 0 Å². The molecule has 0 bridgehead atoms. The minimum Gasteiger partial charge on any atom is -0.465 e. The number of aryl methyl sites for hydroxylation is 1. The number of nitrogens with one attached hydrogen (secondary N) is 1. The zero-order valence-corrected chi connectivity index (χ0v) is 13.4. The first kappa shape index (κ1) is 13.6. The van der Waals surface area contributed by atoms with Crippen LogP contribution in [0.2, 0.25) is 0 Å². The van der Waals surface area contributed by atoms with E-state index < -0.39 is 0 Å². The molecule has 1 aromatic carbocycles. The van der Waals surface area contributed by atoms with Gasteiger partial charge in [-0.2, -0.15) is 0 Å². The maximum absolute atomic E-state index is 12.0. The Labute approximate surface area is 127 Å². The number of carbonyl (C=O) groups is 1. The maximum atomic E-state index is 12.0. The van der Waals surface area contributed by atoms with Crippen LogP contribution < -0.4 is 5.32 Å². The second-order valence-electron chi connectivity index (χ2n) is 3.82. The molecule has 18 heavy (non-hydrogen) atoms. The Morgan fingerprint density at radius 2 is 2.17 bits per heavy atom. The predicted octanol–water partition coefficient (Wildman–Crippen LogP) is 3.89. The molecule has 1 aromatic heterocycles. The molecule has 0 saturated carbocycles. The molecule has 2 rings (SSSR count). The Balaban J connectivity index is 2.05. The first-order valence-corrected chi connectivity index (χ1v) is 7.22. The maximum Gasteiger partial charge on any atom is 0.252 e. The molecule has 5 heteroatoms. The van der Waals surface area contributed by atoms with Gasteiger partial charge >= 0.3 is 0 Å². The van der Waals surface area contributed by atoms with E-state index in [1.54, 1.807) is 0 Å². The molecule has 0 atom stereocenters. The van der Waals surface area contributed by atoms with Crippen LogP contribution >= 0.6 is 38.5 Å². The zero-order chi connectivity index (χ0) is 13.1. The fourth-order valence-electron chi connectivity index (χ4n) is 1.51. The number of benzene rings is 1. The summed E-state index contributed by atoms with van der Waals surface area (Å²) < 4.78 is 7.21. The van der Waals surface area contributed by atoms with Crippen molar-refractivity contribution in [1.29, 1.82) is 0 Å². The summed E-state index contributed by atoms with van der Waals surface area (Å²) in [5.74, 6) is 1.48. The predicted molar refractivity (Wildman–Crippen MR) is 81.5 cm³/mol. The van der Waals surface area contributed by atoms with Gasteiger partial charge in [0.25, 0.3) is 5.91 Å². The molecule has 0 spiro atoms. The molecule has 0 radical (unpaired) electrons. The van der Waals surface area contributed by atoms with Gasteiger partial charge in [-0.15, -0.1) is 0 Å². The van der Waals surface area contributed by atoms with Crippen LogP contribution in [-0.4, -0.2) is 5.91 Å². The van der Waals surface area contributed by atoms with E-state index in [9.17, 15) is 4.79 Å². The summed E-state index contributed by atoms with van der Waals surface area (Å²) in [7, 11) is 0. The van der Waals surface area contributed by atoms with Gasteiger partial charge in [-0.1, -0.05) is 0 Å². The van der Waals surface area contributed by atoms with Crippen molar-refractivity contribution in [3.8, 4) is 0 Å². The van der Waals surface area contributed by atoms with E-state index in [1.807, 2.05) is 37.3 Å². The highest BCUT2D eigenvalue weighted by atomic mass is 127. The molecule has 0 fully saturated rings. The molecule has 3 nitrogen and oxygen atoms in total. The first-order chi connectivity index (χ1) is 8.56. The molecule has 1 heterocycles. The SMILES string of the molecule is Cc1ccc(CNC(=O)c2cc(I)ccc2Br)o1. The van der Waals surface area contributed by atoms with Crippen LogP contribution in [0.5, 0.6) is 0 Å². The number of rotatable bonds is 3. The van der Waals surface area contributed by atoms with Crippen LogP contribution in [0, 0.1) is 10.5 Å². The second kappa shape index (κ2) is 5.88. The van der Waals surface area contributed by atoms with Crippen LogP contribution in [0.1, 0.15) is 21.9 Å². The lowest BCUT2D eigenvalue weighted by molar-refractivity contribution is 0.0947. The molecule has 0 unspecified atom stereocenters. The lowest BCUT2D eigenvalue weighted by atomic mass is 10.2. The Bertz CT molecular complexity index is 580. The Kier molecular flexibility index (Phi) is 4.45. The standard InChI is InChI=1S/C13H11BrINO2/c1-8-2-4-10(18-8)7-16-13(17)11-6-9(15)3-5-12(11)14/h2-6H,7H2,1H3,(H,16,17). The highest BCUT2D eigenvalue weighted by molar-refractivity contribution is 14.1. The highest BCUT2D eigenvalue weighted by Gasteiger charge is 2.10. The molecular formula is C13H11BrINO2. The quantitative estimate of drug-likeness (QED) is 0.767. The Morgan fingerprint density at radius 1 is 1.39 bits per heavy atom. The fraction of sp³-hybridized carbons (Fsp3) is 0.154. The third-order valence-corrected chi connectivity index (χ3v) is 3.75. The number of carbonyl (C=O) groups excluding carboxylic acids is 1. The highest BCUT2D eigenvalue weighted by Crippen LogP contribution is 2.19. The Hall–Kier alpha value is -0.820. The van der Waals surface area contributed by atoms with Crippen molar-refractivity contribution in [1.82, 2.24) is 5.32 Å². The molecule has 94 valence electrons. The zero-order valence-electron chi connectivity index (χ0n) is 9.67. The molecule has 1 amide bonds. The number of hydrogen-bond donors (Lipinski definition) is 1. The van der Waals surface area contributed by atoms with Gasteiger partial charge in [-0.3, -0.25) is 4.79 Å². The number of furan rings is 1. The number of hydrogen-bond acceptors (Lipinski definition) is 2. The summed E-state index contributed by atoms with van der Waals surface area (Å²) in [5.41, 5.74) is 0.630. The van der Waals surface area contributed by atoms with Crippen LogP contribution in [0.4, 0.5) is 0 Å². The van der Waals surface area contributed by atoms with E-state index in [-0.39, 0.29) is 5.91 Å². The summed E-state index contributed by atoms with van der Waals surface area (Å²) in [6, 6.07) is 9.39. The topological polar surface area (TPSA) is 42.2 Å². The minimum atomic E-state index is -0.116. The fourth-order valence-corrected chi connectivity index (χ4v) is 2.43. The van der Waals surface area contributed by atoms with Gasteiger partial charge < -0.3 is 9.73 Å². The van der Waals surface area contributed by atoms with Gasteiger partial charge in [0.1, 0.15) is 11.5 Å². The van der Waals surface area contributed by atoms with E-state index in [0.717, 1.165) is 19.6 Å². The molecule has 2 aromatic rings.